The molecular weight excluding hydrogens is 521 g/mol. The molecular formula is C28H31F3N8O. The fourth-order valence-electron chi connectivity index (χ4n) is 5.68. The van der Waals surface area contributed by atoms with Crippen molar-refractivity contribution in [3.05, 3.63) is 65.4 Å². The Hall–Kier alpha value is -4.06. The van der Waals surface area contributed by atoms with Crippen LogP contribution in [0, 0.1) is 0 Å². The first-order valence-electron chi connectivity index (χ1n) is 13.3. The van der Waals surface area contributed by atoms with Gasteiger partial charge in [0.25, 0.3) is 0 Å². The molecule has 0 aliphatic carbocycles. The smallest absolute Gasteiger partial charge is 0.384 e. The SMILES string of the molecule is CN1CCN(c2ccc(Nc3ncc4c(n3)N(C)C(=O)N(C3CCNc5c3cccc5C(F)(F)F)C4)cc2)CC1. The number of likely N-dealkylation sites (N-methyl/N-ethyl adjacent to an activating group) is 1. The van der Waals surface area contributed by atoms with E-state index in [4.69, 9.17) is 0 Å². The van der Waals surface area contributed by atoms with Gasteiger partial charge in [0, 0.05) is 62.9 Å². The van der Waals surface area contributed by atoms with Gasteiger partial charge in [0.1, 0.15) is 5.82 Å². The average molecular weight is 553 g/mol. The van der Waals surface area contributed by atoms with Crippen molar-refractivity contribution in [2.45, 2.75) is 25.2 Å². The van der Waals surface area contributed by atoms with E-state index < -0.39 is 17.8 Å². The molecule has 0 radical (unpaired) electrons. The van der Waals surface area contributed by atoms with Crippen LogP contribution in [0.25, 0.3) is 0 Å². The van der Waals surface area contributed by atoms with Gasteiger partial charge in [0.05, 0.1) is 23.8 Å². The van der Waals surface area contributed by atoms with Crippen LogP contribution in [0.1, 0.15) is 29.2 Å². The van der Waals surface area contributed by atoms with E-state index in [-0.39, 0.29) is 18.3 Å². The van der Waals surface area contributed by atoms with Crippen LogP contribution in [0.15, 0.2) is 48.7 Å². The van der Waals surface area contributed by atoms with Crippen LogP contribution >= 0.6 is 0 Å². The Labute approximate surface area is 230 Å². The zero-order valence-electron chi connectivity index (χ0n) is 22.4. The fourth-order valence-corrected chi connectivity index (χ4v) is 5.68. The number of hydrogen-bond donors (Lipinski definition) is 2. The lowest BCUT2D eigenvalue weighted by Crippen LogP contribution is -2.48. The molecule has 0 saturated carbocycles. The van der Waals surface area contributed by atoms with Crippen LogP contribution in [-0.2, 0) is 12.7 Å². The molecule has 40 heavy (non-hydrogen) atoms. The van der Waals surface area contributed by atoms with Gasteiger partial charge in [-0.3, -0.25) is 4.90 Å². The van der Waals surface area contributed by atoms with E-state index in [1.807, 2.05) is 12.1 Å². The van der Waals surface area contributed by atoms with Crippen molar-refractivity contribution >= 4 is 34.9 Å². The van der Waals surface area contributed by atoms with Crippen LogP contribution in [0.4, 0.5) is 46.8 Å². The molecule has 4 heterocycles. The number of para-hydroxylation sites is 1. The molecule has 0 spiro atoms. The highest BCUT2D eigenvalue weighted by Gasteiger charge is 2.40. The summed E-state index contributed by atoms with van der Waals surface area (Å²) in [7, 11) is 3.76. The summed E-state index contributed by atoms with van der Waals surface area (Å²) < 4.78 is 40.9. The quantitative estimate of drug-likeness (QED) is 0.476. The number of carbonyl (C=O) groups excluding carboxylic acids is 1. The molecule has 210 valence electrons. The number of nitrogens with one attached hydrogen (secondary N) is 2. The van der Waals surface area contributed by atoms with Crippen LogP contribution in [0.5, 0.6) is 0 Å². The van der Waals surface area contributed by atoms with E-state index in [2.05, 4.69) is 49.6 Å². The highest BCUT2D eigenvalue weighted by Crippen LogP contribution is 2.44. The molecule has 2 amide bonds. The second-order valence-electron chi connectivity index (χ2n) is 10.5. The van der Waals surface area contributed by atoms with Gasteiger partial charge in [-0.25, -0.2) is 9.78 Å². The van der Waals surface area contributed by atoms with Crippen LogP contribution in [0.3, 0.4) is 0 Å². The molecule has 12 heteroatoms. The van der Waals surface area contributed by atoms with E-state index in [1.54, 1.807) is 24.2 Å². The predicted octanol–water partition coefficient (Wildman–Crippen LogP) is 4.92. The predicted molar refractivity (Wildman–Crippen MR) is 148 cm³/mol. The van der Waals surface area contributed by atoms with Gasteiger partial charge in [-0.1, -0.05) is 12.1 Å². The third-order valence-electron chi connectivity index (χ3n) is 7.88. The van der Waals surface area contributed by atoms with Crippen molar-refractivity contribution in [3.8, 4) is 0 Å². The first-order chi connectivity index (χ1) is 19.2. The minimum atomic E-state index is -4.49. The van der Waals surface area contributed by atoms with Crippen LogP contribution in [-0.4, -0.2) is 72.6 Å². The highest BCUT2D eigenvalue weighted by atomic mass is 19.4. The number of amides is 2. The Morgan fingerprint density at radius 1 is 1.02 bits per heavy atom. The summed E-state index contributed by atoms with van der Waals surface area (Å²) in [6.45, 7) is 4.58. The number of halogens is 3. The zero-order chi connectivity index (χ0) is 28.0. The monoisotopic (exact) mass is 552 g/mol. The van der Waals surface area contributed by atoms with Crippen molar-refractivity contribution in [2.24, 2.45) is 0 Å². The van der Waals surface area contributed by atoms with Crippen molar-refractivity contribution in [1.29, 1.82) is 0 Å². The van der Waals surface area contributed by atoms with Gasteiger partial charge >= 0.3 is 12.2 Å². The van der Waals surface area contributed by atoms with Gasteiger partial charge < -0.3 is 25.3 Å². The number of anilines is 5. The number of benzene rings is 2. The van der Waals surface area contributed by atoms with Crippen LogP contribution < -0.4 is 20.4 Å². The molecule has 2 aromatic carbocycles. The summed E-state index contributed by atoms with van der Waals surface area (Å²) in [6.07, 6.45) is -2.32. The number of alkyl halides is 3. The largest absolute Gasteiger partial charge is 0.418 e. The molecule has 0 bridgehead atoms. The zero-order valence-corrected chi connectivity index (χ0v) is 22.4. The second kappa shape index (κ2) is 10.2. The van der Waals surface area contributed by atoms with Crippen molar-refractivity contribution < 1.29 is 18.0 Å². The standard InChI is InChI=1S/C28H31F3N8O/c1-36-12-14-38(15-13-36)20-8-6-19(7-9-20)34-26-33-16-18-17-39(27(40)37(2)25(18)35-26)23-10-11-32-24-21(23)4-3-5-22(24)28(29,30)31/h3-9,16,23,32H,10-15,17H2,1-2H3,(H,33,34,35). The highest BCUT2D eigenvalue weighted by molar-refractivity contribution is 5.93. The minimum Gasteiger partial charge on any atom is -0.384 e. The second-order valence-corrected chi connectivity index (χ2v) is 10.5. The number of nitrogens with zero attached hydrogens (tertiary/aromatic N) is 6. The fraction of sp³-hybridized carbons (Fsp3) is 0.393. The summed E-state index contributed by atoms with van der Waals surface area (Å²) in [5.41, 5.74) is 2.51. The number of carbonyl (C=O) groups is 1. The summed E-state index contributed by atoms with van der Waals surface area (Å²) in [5, 5.41) is 6.12. The van der Waals surface area contributed by atoms with E-state index in [1.165, 1.54) is 11.0 Å². The van der Waals surface area contributed by atoms with Crippen molar-refractivity contribution in [3.63, 3.8) is 0 Å². The Morgan fingerprint density at radius 3 is 2.50 bits per heavy atom. The summed E-state index contributed by atoms with van der Waals surface area (Å²) in [5.74, 6) is 0.840. The third kappa shape index (κ3) is 4.87. The normalized spacial score (nSPS) is 19.7. The number of aromatic nitrogens is 2. The molecule has 1 unspecified atom stereocenters. The molecule has 2 N–H and O–H groups in total. The lowest BCUT2D eigenvalue weighted by Gasteiger charge is -2.41. The number of fused-ring (bicyclic) bond motifs is 2. The molecule has 3 aromatic rings. The van der Waals surface area contributed by atoms with E-state index in [0.717, 1.165) is 49.2 Å². The first-order valence-corrected chi connectivity index (χ1v) is 13.3. The molecule has 1 aromatic heterocycles. The maximum atomic E-state index is 13.6. The Balaban J connectivity index is 1.20. The van der Waals surface area contributed by atoms with E-state index >= 15 is 0 Å². The number of urea groups is 1. The van der Waals surface area contributed by atoms with Gasteiger partial charge in [-0.05, 0) is 49.4 Å². The number of piperazine rings is 1. The average Bonchev–Trinajstić information content (AvgIpc) is 2.95. The molecule has 3 aliphatic heterocycles. The molecule has 1 fully saturated rings. The van der Waals surface area contributed by atoms with Gasteiger partial charge in [-0.15, -0.1) is 0 Å². The summed E-state index contributed by atoms with van der Waals surface area (Å²) in [6, 6.07) is 11.4. The lowest BCUT2D eigenvalue weighted by atomic mass is 9.92. The summed E-state index contributed by atoms with van der Waals surface area (Å²) >= 11 is 0. The minimum absolute atomic E-state index is 0.0435. The van der Waals surface area contributed by atoms with E-state index in [0.29, 0.717) is 30.3 Å². The summed E-state index contributed by atoms with van der Waals surface area (Å²) in [4.78, 5) is 30.3. The molecule has 9 nitrogen and oxygen atoms in total. The van der Waals surface area contributed by atoms with Gasteiger partial charge in [0.15, 0.2) is 0 Å². The maximum Gasteiger partial charge on any atom is 0.418 e. The Morgan fingerprint density at radius 2 is 1.77 bits per heavy atom. The molecule has 3 aliphatic rings. The van der Waals surface area contributed by atoms with Crippen molar-refractivity contribution in [1.82, 2.24) is 19.8 Å². The number of hydrogen-bond acceptors (Lipinski definition) is 7. The maximum absolute atomic E-state index is 13.6. The molecule has 6 rings (SSSR count). The molecule has 1 atom stereocenters. The molecule has 1 saturated heterocycles. The van der Waals surface area contributed by atoms with Crippen molar-refractivity contribution in [2.75, 3.05) is 67.3 Å². The lowest BCUT2D eigenvalue weighted by molar-refractivity contribution is -0.137. The Kier molecular flexibility index (Phi) is 6.65. The first kappa shape index (κ1) is 26.2. The van der Waals surface area contributed by atoms with Gasteiger partial charge in [0.2, 0.25) is 5.95 Å². The Bertz CT molecular complexity index is 1410. The third-order valence-corrected chi connectivity index (χ3v) is 7.88. The topological polar surface area (TPSA) is 79.9 Å². The number of rotatable bonds is 4. The van der Waals surface area contributed by atoms with Crippen LogP contribution in [0.2, 0.25) is 0 Å². The van der Waals surface area contributed by atoms with E-state index in [9.17, 15) is 18.0 Å². The van der Waals surface area contributed by atoms with Gasteiger partial charge in [-0.2, -0.15) is 18.2 Å².